The van der Waals surface area contributed by atoms with Gasteiger partial charge in [-0.1, -0.05) is 12.5 Å². The molecule has 1 aliphatic rings. The van der Waals surface area contributed by atoms with E-state index in [2.05, 4.69) is 0 Å². The topological polar surface area (TPSA) is 46.5 Å². The predicted octanol–water partition coefficient (Wildman–Crippen LogP) is 3.67. The minimum atomic E-state index is -0.809. The number of aryl methyl sites for hydroxylation is 2. The van der Waals surface area contributed by atoms with Crippen molar-refractivity contribution < 1.29 is 14.6 Å². The summed E-state index contributed by atoms with van der Waals surface area (Å²) in [7, 11) is 0. The first-order chi connectivity index (χ1) is 8.99. The molecule has 104 valence electrons. The largest absolute Gasteiger partial charge is 0.493 e. The molecule has 1 saturated carbocycles. The maximum Gasteiger partial charge on any atom is 0.310 e. The number of hydrogen-bond donors (Lipinski definition) is 1. The van der Waals surface area contributed by atoms with Crippen molar-refractivity contribution >= 4 is 5.97 Å². The maximum atomic E-state index is 11.2. The third-order valence-corrected chi connectivity index (χ3v) is 4.16. The molecule has 2 rings (SSSR count). The molecule has 0 saturated heterocycles. The van der Waals surface area contributed by atoms with Crippen molar-refractivity contribution in [2.45, 2.75) is 46.0 Å². The first-order valence-electron chi connectivity index (χ1n) is 6.95. The highest BCUT2D eigenvalue weighted by Crippen LogP contribution is 2.32. The zero-order valence-electron chi connectivity index (χ0n) is 11.9. The summed E-state index contributed by atoms with van der Waals surface area (Å²) in [5, 5.41) is 9.20. The Balaban J connectivity index is 2.22. The number of carboxylic acid groups (broad SMARTS) is 1. The van der Waals surface area contributed by atoms with Crippen molar-refractivity contribution in [2.75, 3.05) is 6.61 Å². The fourth-order valence-electron chi connectivity index (χ4n) is 2.28. The second kappa shape index (κ2) is 5.64. The van der Waals surface area contributed by atoms with Crippen molar-refractivity contribution in [1.82, 2.24) is 0 Å². The summed E-state index contributed by atoms with van der Waals surface area (Å²) in [6, 6.07) is 3.92. The van der Waals surface area contributed by atoms with Crippen molar-refractivity contribution in [2.24, 2.45) is 5.92 Å². The molecule has 0 bridgehead atoms. The molecule has 1 atom stereocenters. The number of rotatable bonds is 5. The molecule has 1 aromatic carbocycles. The minimum absolute atomic E-state index is 0.532. The zero-order chi connectivity index (χ0) is 14.0. The monoisotopic (exact) mass is 262 g/mol. The normalized spacial score (nSPS) is 16.8. The number of carbonyl (C=O) groups is 1. The lowest BCUT2D eigenvalue weighted by Crippen LogP contribution is -2.20. The Morgan fingerprint density at radius 3 is 2.53 bits per heavy atom. The molecule has 3 nitrogen and oxygen atoms in total. The fourth-order valence-corrected chi connectivity index (χ4v) is 2.28. The van der Waals surface area contributed by atoms with Gasteiger partial charge in [0.2, 0.25) is 0 Å². The third kappa shape index (κ3) is 3.09. The summed E-state index contributed by atoms with van der Waals surface area (Å²) in [4.78, 5) is 11.2. The van der Waals surface area contributed by atoms with Crippen LogP contribution in [0.15, 0.2) is 12.1 Å². The van der Waals surface area contributed by atoms with Crippen LogP contribution in [-0.2, 0) is 4.79 Å². The Morgan fingerprint density at radius 1 is 1.37 bits per heavy atom. The smallest absolute Gasteiger partial charge is 0.310 e. The van der Waals surface area contributed by atoms with Crippen molar-refractivity contribution in [3.05, 3.63) is 28.8 Å². The Labute approximate surface area is 114 Å². The van der Waals surface area contributed by atoms with Gasteiger partial charge in [-0.05, 0) is 56.7 Å². The summed E-state index contributed by atoms with van der Waals surface area (Å²) in [5.74, 6) is 0.0481. The van der Waals surface area contributed by atoms with Crippen LogP contribution in [0.1, 0.15) is 48.8 Å². The van der Waals surface area contributed by atoms with Crippen LogP contribution in [0.2, 0.25) is 0 Å². The number of carboxylic acids is 1. The van der Waals surface area contributed by atoms with E-state index in [9.17, 15) is 9.90 Å². The summed E-state index contributed by atoms with van der Waals surface area (Å²) >= 11 is 0. The van der Waals surface area contributed by atoms with Gasteiger partial charge >= 0.3 is 5.97 Å². The van der Waals surface area contributed by atoms with Crippen LogP contribution < -0.4 is 4.74 Å². The lowest BCUT2D eigenvalue weighted by molar-refractivity contribution is -0.138. The van der Waals surface area contributed by atoms with E-state index in [1.807, 2.05) is 26.0 Å². The molecule has 0 amide bonds. The molecule has 3 heteroatoms. The summed E-state index contributed by atoms with van der Waals surface area (Å²) < 4.78 is 5.88. The van der Waals surface area contributed by atoms with E-state index in [0.717, 1.165) is 22.4 Å². The molecule has 1 N–H and O–H groups in total. The summed E-state index contributed by atoms with van der Waals surface area (Å²) in [6.07, 6.45) is 3.75. The summed E-state index contributed by atoms with van der Waals surface area (Å²) in [5.41, 5.74) is 3.04. The van der Waals surface area contributed by atoms with Gasteiger partial charge in [0.05, 0.1) is 12.5 Å². The predicted molar refractivity (Wildman–Crippen MR) is 74.8 cm³/mol. The second-order valence-corrected chi connectivity index (χ2v) is 5.64. The molecule has 0 aliphatic heterocycles. The highest BCUT2D eigenvalue weighted by Gasteiger charge is 2.22. The van der Waals surface area contributed by atoms with E-state index in [1.165, 1.54) is 19.3 Å². The first-order valence-corrected chi connectivity index (χ1v) is 6.95. The van der Waals surface area contributed by atoms with E-state index in [1.54, 1.807) is 6.92 Å². The van der Waals surface area contributed by atoms with Crippen molar-refractivity contribution in [3.63, 3.8) is 0 Å². The number of hydrogen-bond acceptors (Lipinski definition) is 2. The molecule has 0 spiro atoms. The first kappa shape index (κ1) is 13.9. The van der Waals surface area contributed by atoms with Crippen LogP contribution in [0.4, 0.5) is 0 Å². The molecule has 1 aromatic rings. The lowest BCUT2D eigenvalue weighted by Gasteiger charge is -2.26. The Morgan fingerprint density at radius 2 is 2.00 bits per heavy atom. The van der Waals surface area contributed by atoms with Crippen molar-refractivity contribution in [1.29, 1.82) is 0 Å². The average molecular weight is 262 g/mol. The van der Waals surface area contributed by atoms with Crippen LogP contribution in [-0.4, -0.2) is 17.7 Å². The fraction of sp³-hybridized carbons (Fsp3) is 0.562. The van der Waals surface area contributed by atoms with Crippen LogP contribution in [0.25, 0.3) is 0 Å². The molecule has 1 fully saturated rings. The Hall–Kier alpha value is -1.51. The molecule has 0 heterocycles. The number of benzene rings is 1. The molecule has 0 radical (unpaired) electrons. The quantitative estimate of drug-likeness (QED) is 0.880. The Bertz CT molecular complexity index is 475. The van der Waals surface area contributed by atoms with Gasteiger partial charge in [-0.3, -0.25) is 4.79 Å². The van der Waals surface area contributed by atoms with E-state index in [-0.39, 0.29) is 0 Å². The maximum absolute atomic E-state index is 11.2. The van der Waals surface area contributed by atoms with Crippen LogP contribution >= 0.6 is 0 Å². The van der Waals surface area contributed by atoms with E-state index in [4.69, 9.17) is 4.74 Å². The highest BCUT2D eigenvalue weighted by atomic mass is 16.5. The van der Waals surface area contributed by atoms with Gasteiger partial charge in [0, 0.05) is 5.56 Å². The van der Waals surface area contributed by atoms with Crippen LogP contribution in [0.3, 0.4) is 0 Å². The molecular formula is C16H22O3. The standard InChI is InChI=1S/C16H22O3/c1-10-7-14(12(3)16(17)18)15(8-11(10)2)19-9-13-5-4-6-13/h7-8,12-13H,4-6,9H2,1-3H3,(H,17,18). The van der Waals surface area contributed by atoms with Gasteiger partial charge < -0.3 is 9.84 Å². The minimum Gasteiger partial charge on any atom is -0.493 e. The van der Waals surface area contributed by atoms with Gasteiger partial charge in [0.15, 0.2) is 0 Å². The van der Waals surface area contributed by atoms with E-state index in [0.29, 0.717) is 12.5 Å². The van der Waals surface area contributed by atoms with Gasteiger partial charge in [-0.2, -0.15) is 0 Å². The lowest BCUT2D eigenvalue weighted by atomic mass is 9.86. The number of ether oxygens (including phenoxy) is 1. The van der Waals surface area contributed by atoms with Crippen LogP contribution in [0, 0.1) is 19.8 Å². The zero-order valence-corrected chi connectivity index (χ0v) is 11.9. The van der Waals surface area contributed by atoms with E-state index >= 15 is 0 Å². The number of aliphatic carboxylic acids is 1. The summed E-state index contributed by atoms with van der Waals surface area (Å²) in [6.45, 7) is 6.45. The molecular weight excluding hydrogens is 240 g/mol. The van der Waals surface area contributed by atoms with Crippen LogP contribution in [0.5, 0.6) is 5.75 Å². The van der Waals surface area contributed by atoms with Gasteiger partial charge in [-0.15, -0.1) is 0 Å². The SMILES string of the molecule is Cc1cc(OCC2CCC2)c(C(C)C(=O)O)cc1C. The van der Waals surface area contributed by atoms with Gasteiger partial charge in [0.25, 0.3) is 0 Å². The molecule has 1 unspecified atom stereocenters. The van der Waals surface area contributed by atoms with Crippen molar-refractivity contribution in [3.8, 4) is 5.75 Å². The van der Waals surface area contributed by atoms with Gasteiger partial charge in [-0.25, -0.2) is 0 Å². The molecule has 19 heavy (non-hydrogen) atoms. The Kier molecular flexibility index (Phi) is 4.13. The third-order valence-electron chi connectivity index (χ3n) is 4.16. The average Bonchev–Trinajstić information content (AvgIpc) is 2.30. The molecule has 1 aliphatic carbocycles. The second-order valence-electron chi connectivity index (χ2n) is 5.64. The van der Waals surface area contributed by atoms with E-state index < -0.39 is 11.9 Å². The molecule has 0 aromatic heterocycles. The highest BCUT2D eigenvalue weighted by molar-refractivity contribution is 5.77. The van der Waals surface area contributed by atoms with Gasteiger partial charge in [0.1, 0.15) is 5.75 Å².